The van der Waals surface area contributed by atoms with Gasteiger partial charge >= 0.3 is 0 Å². The highest BCUT2D eigenvalue weighted by atomic mass is 13.9. The highest BCUT2D eigenvalue weighted by Crippen LogP contribution is 2.02. The highest BCUT2D eigenvalue weighted by molar-refractivity contribution is 4.64. The Hall–Kier alpha value is -0.520. The van der Waals surface area contributed by atoms with Crippen LogP contribution in [0.15, 0.2) is 12.2 Å². The maximum Gasteiger partial charge on any atom is -0.0348 e. The van der Waals surface area contributed by atoms with E-state index in [2.05, 4.69) is 0 Å². The number of hydrogen-bond donors (Lipinski definition) is 0. The fourth-order valence-electron chi connectivity index (χ4n) is 0.701. The van der Waals surface area contributed by atoms with Gasteiger partial charge in [0.2, 0.25) is 0 Å². The predicted octanol–water partition coefficient (Wildman–Crippen LogP) is 2.92. The molecule has 0 aliphatic heterocycles. The van der Waals surface area contributed by atoms with Crippen LogP contribution in [-0.4, -0.2) is 0 Å². The molecule has 0 unspecified atom stereocenters. The number of rotatable bonds is 6. The zero-order valence-electron chi connectivity index (χ0n) is 5.84. The quantitative estimate of drug-likeness (QED) is 0.475. The van der Waals surface area contributed by atoms with Gasteiger partial charge in [-0.25, -0.2) is 0 Å². The fraction of sp³-hybridized carbons (Fsp3) is 0.556. The molecule has 9 heavy (non-hydrogen) atoms. The van der Waals surface area contributed by atoms with E-state index in [0.717, 1.165) is 12.8 Å². The third kappa shape index (κ3) is 7.48. The van der Waals surface area contributed by atoms with Crippen LogP contribution in [0.2, 0.25) is 0 Å². The summed E-state index contributed by atoms with van der Waals surface area (Å²) in [4.78, 5) is 0. The topological polar surface area (TPSA) is 0 Å². The van der Waals surface area contributed by atoms with Crippen molar-refractivity contribution in [3.63, 3.8) is 0 Å². The Morgan fingerprint density at radius 3 is 1.56 bits per heavy atom. The molecule has 0 heteroatoms. The smallest absolute Gasteiger partial charge is 0.0348 e. The summed E-state index contributed by atoms with van der Waals surface area (Å²) in [6.45, 7) is 10.4. The van der Waals surface area contributed by atoms with Gasteiger partial charge in [0.1, 0.15) is 0 Å². The van der Waals surface area contributed by atoms with Gasteiger partial charge in [0.05, 0.1) is 0 Å². The average molecular weight is 122 g/mol. The molecule has 0 spiro atoms. The Bertz CT molecular complexity index is 62.1. The molecule has 0 fully saturated rings. The number of unbranched alkanes of at least 4 members (excludes halogenated alkanes) is 4. The molecule has 0 aromatic carbocycles. The normalized spacial score (nSPS) is 8.89. The molecule has 0 aromatic heterocycles. The SMILES string of the molecule is [CH]=CCCCCCC=[CH]. The zero-order chi connectivity index (χ0) is 6.95. The largest absolute Gasteiger partial charge is 0.0845 e. The van der Waals surface area contributed by atoms with Crippen molar-refractivity contribution in [3.05, 3.63) is 25.3 Å². The maximum atomic E-state index is 5.19. The molecule has 0 heterocycles. The van der Waals surface area contributed by atoms with E-state index in [0.29, 0.717) is 0 Å². The van der Waals surface area contributed by atoms with Gasteiger partial charge in [-0.15, -0.1) is 0 Å². The number of hydrogen-bond acceptors (Lipinski definition) is 0. The third-order valence-electron chi connectivity index (χ3n) is 1.24. The Labute approximate surface area is 58.3 Å². The molecule has 50 valence electrons. The first-order chi connectivity index (χ1) is 4.41. The molecule has 0 nitrogen and oxygen atoms in total. The summed E-state index contributed by atoms with van der Waals surface area (Å²) in [6, 6.07) is 0. The zero-order valence-corrected chi connectivity index (χ0v) is 5.84. The lowest BCUT2D eigenvalue weighted by Gasteiger charge is -1.92. The Kier molecular flexibility index (Phi) is 7.05. The molecule has 0 rings (SSSR count). The fourth-order valence-corrected chi connectivity index (χ4v) is 0.701. The molecule has 0 aliphatic rings. The molecule has 0 bridgehead atoms. The van der Waals surface area contributed by atoms with E-state index < -0.39 is 0 Å². The van der Waals surface area contributed by atoms with Crippen molar-refractivity contribution in [1.82, 2.24) is 0 Å². The van der Waals surface area contributed by atoms with E-state index in [9.17, 15) is 0 Å². The van der Waals surface area contributed by atoms with Crippen LogP contribution in [0, 0.1) is 13.2 Å². The molecule has 0 aromatic rings. The van der Waals surface area contributed by atoms with Gasteiger partial charge in [0, 0.05) is 0 Å². The minimum absolute atomic E-state index is 1.03. The summed E-state index contributed by atoms with van der Waals surface area (Å²) in [5, 5.41) is 0. The lowest BCUT2D eigenvalue weighted by molar-refractivity contribution is 0.696. The molecule has 0 saturated heterocycles. The maximum absolute atomic E-state index is 5.19. The van der Waals surface area contributed by atoms with E-state index >= 15 is 0 Å². The number of allylic oxidation sites excluding steroid dienone is 2. The second-order valence-corrected chi connectivity index (χ2v) is 2.11. The van der Waals surface area contributed by atoms with Crippen LogP contribution in [0.5, 0.6) is 0 Å². The Morgan fingerprint density at radius 1 is 0.778 bits per heavy atom. The van der Waals surface area contributed by atoms with Crippen molar-refractivity contribution in [1.29, 1.82) is 0 Å². The minimum atomic E-state index is 1.03. The van der Waals surface area contributed by atoms with E-state index in [1.165, 1.54) is 19.3 Å². The summed E-state index contributed by atoms with van der Waals surface area (Å²) < 4.78 is 0. The van der Waals surface area contributed by atoms with Crippen molar-refractivity contribution < 1.29 is 0 Å². The van der Waals surface area contributed by atoms with Crippen molar-refractivity contribution in [2.75, 3.05) is 0 Å². The Morgan fingerprint density at radius 2 is 1.22 bits per heavy atom. The van der Waals surface area contributed by atoms with Gasteiger partial charge < -0.3 is 0 Å². The summed E-state index contributed by atoms with van der Waals surface area (Å²) in [7, 11) is 0. The van der Waals surface area contributed by atoms with Gasteiger partial charge in [0.15, 0.2) is 0 Å². The van der Waals surface area contributed by atoms with Crippen molar-refractivity contribution in [3.8, 4) is 0 Å². The molecule has 2 radical (unpaired) electrons. The van der Waals surface area contributed by atoms with Gasteiger partial charge in [-0.05, 0) is 25.7 Å². The minimum Gasteiger partial charge on any atom is -0.0845 e. The van der Waals surface area contributed by atoms with Crippen LogP contribution < -0.4 is 0 Å². The van der Waals surface area contributed by atoms with E-state index in [1.807, 2.05) is 0 Å². The second-order valence-electron chi connectivity index (χ2n) is 2.11. The van der Waals surface area contributed by atoms with Crippen LogP contribution in [-0.2, 0) is 0 Å². The first-order valence-corrected chi connectivity index (χ1v) is 3.48. The third-order valence-corrected chi connectivity index (χ3v) is 1.24. The van der Waals surface area contributed by atoms with Crippen molar-refractivity contribution in [2.45, 2.75) is 32.1 Å². The first kappa shape index (κ1) is 8.48. The van der Waals surface area contributed by atoms with Crippen molar-refractivity contribution in [2.24, 2.45) is 0 Å². The van der Waals surface area contributed by atoms with Gasteiger partial charge in [-0.3, -0.25) is 0 Å². The lowest BCUT2D eigenvalue weighted by Crippen LogP contribution is -1.73. The highest BCUT2D eigenvalue weighted by Gasteiger charge is 1.82. The summed E-state index contributed by atoms with van der Waals surface area (Å²) in [5.41, 5.74) is 0. The summed E-state index contributed by atoms with van der Waals surface area (Å²) in [5.74, 6) is 0. The van der Waals surface area contributed by atoms with Crippen LogP contribution >= 0.6 is 0 Å². The van der Waals surface area contributed by atoms with Crippen molar-refractivity contribution >= 4 is 0 Å². The van der Waals surface area contributed by atoms with E-state index in [4.69, 9.17) is 13.2 Å². The summed E-state index contributed by atoms with van der Waals surface area (Å²) >= 11 is 0. The van der Waals surface area contributed by atoms with Crippen LogP contribution in [0.3, 0.4) is 0 Å². The standard InChI is InChI=1S/C9H14/c1-3-5-7-9-8-6-4-2/h1-4H,5-9H2. The molecule has 0 amide bonds. The molecule has 0 atom stereocenters. The van der Waals surface area contributed by atoms with E-state index in [-0.39, 0.29) is 0 Å². The van der Waals surface area contributed by atoms with Crippen LogP contribution in [0.25, 0.3) is 0 Å². The van der Waals surface area contributed by atoms with Gasteiger partial charge in [-0.1, -0.05) is 31.7 Å². The Balaban J connectivity index is 2.74. The monoisotopic (exact) mass is 122 g/mol. The molecular formula is C9H14. The van der Waals surface area contributed by atoms with Gasteiger partial charge in [-0.2, -0.15) is 0 Å². The van der Waals surface area contributed by atoms with Gasteiger partial charge in [0.25, 0.3) is 0 Å². The molecule has 0 N–H and O–H groups in total. The molecule has 0 saturated carbocycles. The molecule has 0 aliphatic carbocycles. The lowest BCUT2D eigenvalue weighted by atomic mass is 10.1. The van der Waals surface area contributed by atoms with Crippen LogP contribution in [0.4, 0.5) is 0 Å². The van der Waals surface area contributed by atoms with Crippen LogP contribution in [0.1, 0.15) is 32.1 Å². The van der Waals surface area contributed by atoms with E-state index in [1.54, 1.807) is 12.2 Å². The molecular weight excluding hydrogens is 108 g/mol. The second kappa shape index (κ2) is 7.48. The predicted molar refractivity (Wildman–Crippen MR) is 40.8 cm³/mol. The average Bonchev–Trinajstić information content (AvgIpc) is 1.89. The summed E-state index contributed by atoms with van der Waals surface area (Å²) in [6.07, 6.45) is 9.13. The first-order valence-electron chi connectivity index (χ1n) is 3.48.